The van der Waals surface area contributed by atoms with Crippen LogP contribution in [0.3, 0.4) is 0 Å². The SMILES string of the molecule is Cc1n[nH]c(C)c1C(=O)Nc1ccccc1C#N. The van der Waals surface area contributed by atoms with Gasteiger partial charge in [0.05, 0.1) is 22.5 Å². The number of anilines is 1. The monoisotopic (exact) mass is 240 g/mol. The molecule has 1 amide bonds. The number of carbonyl (C=O) groups excluding carboxylic acids is 1. The Balaban J connectivity index is 2.31. The lowest BCUT2D eigenvalue weighted by Crippen LogP contribution is -2.14. The van der Waals surface area contributed by atoms with Crippen LogP contribution in [0.4, 0.5) is 5.69 Å². The summed E-state index contributed by atoms with van der Waals surface area (Å²) in [4.78, 5) is 12.1. The van der Waals surface area contributed by atoms with E-state index in [9.17, 15) is 4.79 Å². The minimum absolute atomic E-state index is 0.263. The molecule has 0 aliphatic carbocycles. The lowest BCUT2D eigenvalue weighted by molar-refractivity contribution is 0.102. The maximum atomic E-state index is 12.1. The van der Waals surface area contributed by atoms with Crippen LogP contribution in [0, 0.1) is 25.2 Å². The summed E-state index contributed by atoms with van der Waals surface area (Å²) in [6, 6.07) is 8.91. The molecule has 0 bridgehead atoms. The number of nitrogens with one attached hydrogen (secondary N) is 2. The van der Waals surface area contributed by atoms with Crippen LogP contribution in [-0.4, -0.2) is 16.1 Å². The van der Waals surface area contributed by atoms with Gasteiger partial charge < -0.3 is 5.32 Å². The Morgan fingerprint density at radius 2 is 2.11 bits per heavy atom. The Bertz CT molecular complexity index is 617. The fourth-order valence-corrected chi connectivity index (χ4v) is 1.76. The Morgan fingerprint density at radius 3 is 2.72 bits per heavy atom. The first-order chi connectivity index (χ1) is 8.63. The molecule has 1 aromatic carbocycles. The molecule has 0 unspecified atom stereocenters. The standard InChI is InChI=1S/C13H12N4O/c1-8-12(9(2)17-16-8)13(18)15-11-6-4-3-5-10(11)7-14/h3-6H,1-2H3,(H,15,18)(H,16,17). The predicted molar refractivity (Wildman–Crippen MR) is 67.2 cm³/mol. The van der Waals surface area contributed by atoms with E-state index in [-0.39, 0.29) is 5.91 Å². The van der Waals surface area contributed by atoms with Gasteiger partial charge in [-0.2, -0.15) is 10.4 Å². The molecule has 0 radical (unpaired) electrons. The zero-order valence-corrected chi connectivity index (χ0v) is 10.1. The number of hydrogen-bond donors (Lipinski definition) is 2. The Labute approximate surface area is 104 Å². The van der Waals surface area contributed by atoms with Crippen molar-refractivity contribution < 1.29 is 4.79 Å². The summed E-state index contributed by atoms with van der Waals surface area (Å²) in [6.45, 7) is 3.54. The van der Waals surface area contributed by atoms with Gasteiger partial charge in [0, 0.05) is 5.69 Å². The van der Waals surface area contributed by atoms with Crippen molar-refractivity contribution in [2.45, 2.75) is 13.8 Å². The zero-order valence-electron chi connectivity index (χ0n) is 10.1. The summed E-state index contributed by atoms with van der Waals surface area (Å²) >= 11 is 0. The summed E-state index contributed by atoms with van der Waals surface area (Å²) < 4.78 is 0. The summed E-state index contributed by atoms with van der Waals surface area (Å²) in [5.74, 6) is -0.263. The molecule has 2 N–H and O–H groups in total. The molecule has 90 valence electrons. The second-order valence-electron chi connectivity index (χ2n) is 3.92. The average Bonchev–Trinajstić information content (AvgIpc) is 2.69. The molecule has 0 aliphatic rings. The van der Waals surface area contributed by atoms with E-state index in [4.69, 9.17) is 5.26 Å². The maximum Gasteiger partial charge on any atom is 0.259 e. The number of nitrogens with zero attached hydrogens (tertiary/aromatic N) is 2. The highest BCUT2D eigenvalue weighted by Crippen LogP contribution is 2.17. The highest BCUT2D eigenvalue weighted by atomic mass is 16.1. The summed E-state index contributed by atoms with van der Waals surface area (Å²) in [5, 5.41) is 18.4. The molecule has 5 nitrogen and oxygen atoms in total. The van der Waals surface area contributed by atoms with E-state index in [1.165, 1.54) is 0 Å². The van der Waals surface area contributed by atoms with Gasteiger partial charge in [0.2, 0.25) is 0 Å². The number of amides is 1. The number of carbonyl (C=O) groups is 1. The molecule has 0 saturated carbocycles. The molecule has 1 aromatic heterocycles. The topological polar surface area (TPSA) is 81.6 Å². The molecule has 0 fully saturated rings. The number of aromatic nitrogens is 2. The lowest BCUT2D eigenvalue weighted by atomic mass is 10.1. The van der Waals surface area contributed by atoms with E-state index in [1.54, 1.807) is 38.1 Å². The van der Waals surface area contributed by atoms with Crippen molar-refractivity contribution in [2.75, 3.05) is 5.32 Å². The van der Waals surface area contributed by atoms with Crippen molar-refractivity contribution in [3.05, 3.63) is 46.8 Å². The Kier molecular flexibility index (Phi) is 3.11. The summed E-state index contributed by atoms with van der Waals surface area (Å²) in [5.41, 5.74) is 2.80. The van der Waals surface area contributed by atoms with Crippen LogP contribution in [0.15, 0.2) is 24.3 Å². The largest absolute Gasteiger partial charge is 0.321 e. The third kappa shape index (κ3) is 2.09. The molecule has 0 spiro atoms. The number of aromatic amines is 1. The molecular weight excluding hydrogens is 228 g/mol. The Morgan fingerprint density at radius 1 is 1.39 bits per heavy atom. The Hall–Kier alpha value is -2.61. The summed E-state index contributed by atoms with van der Waals surface area (Å²) in [7, 11) is 0. The van der Waals surface area contributed by atoms with Crippen molar-refractivity contribution >= 4 is 11.6 Å². The number of nitriles is 1. The van der Waals surface area contributed by atoms with Gasteiger partial charge in [0.25, 0.3) is 5.91 Å². The van der Waals surface area contributed by atoms with Crippen molar-refractivity contribution in [3.8, 4) is 6.07 Å². The highest BCUT2D eigenvalue weighted by Gasteiger charge is 2.16. The molecular formula is C13H12N4O. The molecule has 18 heavy (non-hydrogen) atoms. The van der Waals surface area contributed by atoms with Crippen LogP contribution < -0.4 is 5.32 Å². The molecule has 2 rings (SSSR count). The van der Waals surface area contributed by atoms with Gasteiger partial charge in [-0.3, -0.25) is 9.89 Å². The number of hydrogen-bond acceptors (Lipinski definition) is 3. The van der Waals surface area contributed by atoms with Gasteiger partial charge in [0.1, 0.15) is 6.07 Å². The van der Waals surface area contributed by atoms with Crippen LogP contribution in [0.2, 0.25) is 0 Å². The summed E-state index contributed by atoms with van der Waals surface area (Å²) in [6.07, 6.45) is 0. The molecule has 0 saturated heterocycles. The fourth-order valence-electron chi connectivity index (χ4n) is 1.76. The molecule has 1 heterocycles. The first-order valence-corrected chi connectivity index (χ1v) is 5.45. The van der Waals surface area contributed by atoms with E-state index in [2.05, 4.69) is 15.5 Å². The maximum absolute atomic E-state index is 12.1. The minimum Gasteiger partial charge on any atom is -0.321 e. The number of para-hydroxylation sites is 1. The molecule has 5 heteroatoms. The number of aryl methyl sites for hydroxylation is 2. The van der Waals surface area contributed by atoms with Crippen LogP contribution in [0.1, 0.15) is 27.3 Å². The van der Waals surface area contributed by atoms with E-state index < -0.39 is 0 Å². The van der Waals surface area contributed by atoms with Crippen molar-refractivity contribution in [1.82, 2.24) is 10.2 Å². The predicted octanol–water partition coefficient (Wildman–Crippen LogP) is 2.15. The molecule has 0 aliphatic heterocycles. The van der Waals surface area contributed by atoms with Crippen molar-refractivity contribution in [1.29, 1.82) is 5.26 Å². The number of benzene rings is 1. The van der Waals surface area contributed by atoms with Crippen LogP contribution >= 0.6 is 0 Å². The van der Waals surface area contributed by atoms with E-state index >= 15 is 0 Å². The van der Waals surface area contributed by atoms with E-state index in [1.807, 2.05) is 6.07 Å². The smallest absolute Gasteiger partial charge is 0.259 e. The minimum atomic E-state index is -0.263. The van der Waals surface area contributed by atoms with Gasteiger partial charge in [-0.1, -0.05) is 12.1 Å². The van der Waals surface area contributed by atoms with Gasteiger partial charge in [0.15, 0.2) is 0 Å². The molecule has 0 atom stereocenters. The van der Waals surface area contributed by atoms with E-state index in [0.717, 1.165) is 0 Å². The first kappa shape index (κ1) is 11.9. The van der Waals surface area contributed by atoms with Crippen LogP contribution in [-0.2, 0) is 0 Å². The van der Waals surface area contributed by atoms with Crippen LogP contribution in [0.25, 0.3) is 0 Å². The third-order valence-electron chi connectivity index (χ3n) is 2.65. The number of rotatable bonds is 2. The van der Waals surface area contributed by atoms with Crippen LogP contribution in [0.5, 0.6) is 0 Å². The average molecular weight is 240 g/mol. The van der Waals surface area contributed by atoms with Gasteiger partial charge in [-0.25, -0.2) is 0 Å². The quantitative estimate of drug-likeness (QED) is 0.843. The second-order valence-corrected chi connectivity index (χ2v) is 3.92. The van der Waals surface area contributed by atoms with Gasteiger partial charge in [-0.15, -0.1) is 0 Å². The highest BCUT2D eigenvalue weighted by molar-refractivity contribution is 6.06. The van der Waals surface area contributed by atoms with Gasteiger partial charge >= 0.3 is 0 Å². The first-order valence-electron chi connectivity index (χ1n) is 5.45. The second kappa shape index (κ2) is 4.72. The van der Waals surface area contributed by atoms with Gasteiger partial charge in [-0.05, 0) is 26.0 Å². The zero-order chi connectivity index (χ0) is 13.1. The molecule has 2 aromatic rings. The normalized spacial score (nSPS) is 9.83. The van der Waals surface area contributed by atoms with Crippen molar-refractivity contribution in [2.24, 2.45) is 0 Å². The van der Waals surface area contributed by atoms with E-state index in [0.29, 0.717) is 28.2 Å². The lowest BCUT2D eigenvalue weighted by Gasteiger charge is -2.06. The fraction of sp³-hybridized carbons (Fsp3) is 0.154. The third-order valence-corrected chi connectivity index (χ3v) is 2.65. The van der Waals surface area contributed by atoms with Crippen molar-refractivity contribution in [3.63, 3.8) is 0 Å². The number of H-pyrrole nitrogens is 1.